The van der Waals surface area contributed by atoms with E-state index in [0.29, 0.717) is 0 Å². The molecule has 2 aromatic rings. The predicted octanol–water partition coefficient (Wildman–Crippen LogP) is 3.29. The number of esters is 1. The number of halogens is 3. The number of hydrogen-bond acceptors (Lipinski definition) is 6. The van der Waals surface area contributed by atoms with Gasteiger partial charge < -0.3 is 9.47 Å². The molecule has 154 valence electrons. The molecule has 1 N–H and O–H groups in total. The Kier molecular flexibility index (Phi) is 6.14. The van der Waals surface area contributed by atoms with Gasteiger partial charge in [-0.05, 0) is 36.8 Å². The van der Waals surface area contributed by atoms with Crippen LogP contribution in [-0.2, 0) is 9.47 Å². The SMILES string of the molecule is C[C@H](OC(=O)c1ccc([N+](=O)[O-])cc1)[C@H]1COC[C@@H](c2cc(F)c(F)c(F)c2)N1. The van der Waals surface area contributed by atoms with Gasteiger partial charge >= 0.3 is 5.97 Å². The molecule has 0 amide bonds. The van der Waals surface area contributed by atoms with Crippen LogP contribution in [0.3, 0.4) is 0 Å². The number of nitro benzene ring substituents is 1. The van der Waals surface area contributed by atoms with Crippen LogP contribution >= 0.6 is 0 Å². The van der Waals surface area contributed by atoms with E-state index in [1.165, 1.54) is 24.3 Å². The van der Waals surface area contributed by atoms with E-state index >= 15 is 0 Å². The molecule has 0 aliphatic carbocycles. The molecule has 0 bridgehead atoms. The standard InChI is InChI=1S/C19H17F3N2O5/c1-10(29-19(25)11-2-4-13(5-3-11)24(26)27)16-8-28-9-17(23-16)12-6-14(20)18(22)15(21)7-12/h2-7,10,16-17,23H,8-9H2,1H3/t10-,16+,17-/m0/s1. The Morgan fingerprint density at radius 2 is 1.83 bits per heavy atom. The van der Waals surface area contributed by atoms with Gasteiger partial charge in [-0.25, -0.2) is 18.0 Å². The van der Waals surface area contributed by atoms with Gasteiger partial charge in [-0.2, -0.15) is 0 Å². The van der Waals surface area contributed by atoms with Crippen molar-refractivity contribution in [2.45, 2.75) is 25.1 Å². The van der Waals surface area contributed by atoms with Gasteiger partial charge in [0, 0.05) is 12.1 Å². The Bertz CT molecular complexity index is 900. The molecule has 0 saturated carbocycles. The minimum atomic E-state index is -1.55. The van der Waals surface area contributed by atoms with Crippen molar-refractivity contribution >= 4 is 11.7 Å². The normalized spacial score (nSPS) is 20.1. The highest BCUT2D eigenvalue weighted by Crippen LogP contribution is 2.23. The van der Waals surface area contributed by atoms with Crippen LogP contribution in [0.4, 0.5) is 18.9 Å². The molecule has 2 aromatic carbocycles. The summed E-state index contributed by atoms with van der Waals surface area (Å²) in [6.45, 7) is 1.89. The van der Waals surface area contributed by atoms with Crippen LogP contribution in [0.1, 0.15) is 28.9 Å². The first-order chi connectivity index (χ1) is 13.8. The van der Waals surface area contributed by atoms with Crippen LogP contribution in [0.2, 0.25) is 0 Å². The second kappa shape index (κ2) is 8.58. The van der Waals surface area contributed by atoms with E-state index in [0.717, 1.165) is 12.1 Å². The Balaban J connectivity index is 1.65. The Morgan fingerprint density at radius 1 is 1.21 bits per heavy atom. The molecule has 1 aliphatic rings. The monoisotopic (exact) mass is 410 g/mol. The zero-order chi connectivity index (χ0) is 21.1. The highest BCUT2D eigenvalue weighted by Gasteiger charge is 2.30. The molecule has 0 spiro atoms. The third kappa shape index (κ3) is 4.72. The topological polar surface area (TPSA) is 90.7 Å². The van der Waals surface area contributed by atoms with E-state index in [9.17, 15) is 28.1 Å². The fraction of sp³-hybridized carbons (Fsp3) is 0.316. The minimum absolute atomic E-state index is 0.101. The lowest BCUT2D eigenvalue weighted by molar-refractivity contribution is -0.384. The molecule has 0 unspecified atom stereocenters. The van der Waals surface area contributed by atoms with Crippen molar-refractivity contribution in [2.75, 3.05) is 13.2 Å². The highest BCUT2D eigenvalue weighted by atomic mass is 19.2. The van der Waals surface area contributed by atoms with Crippen LogP contribution in [-0.4, -0.2) is 36.3 Å². The van der Waals surface area contributed by atoms with Gasteiger partial charge in [-0.15, -0.1) is 0 Å². The highest BCUT2D eigenvalue weighted by molar-refractivity contribution is 5.89. The average Bonchev–Trinajstić information content (AvgIpc) is 2.71. The number of ether oxygens (including phenoxy) is 2. The largest absolute Gasteiger partial charge is 0.457 e. The van der Waals surface area contributed by atoms with E-state index in [1.807, 2.05) is 0 Å². The second-order valence-electron chi connectivity index (χ2n) is 6.58. The first kappa shape index (κ1) is 20.7. The van der Waals surface area contributed by atoms with Crippen molar-refractivity contribution in [3.8, 4) is 0 Å². The first-order valence-corrected chi connectivity index (χ1v) is 8.70. The summed E-state index contributed by atoms with van der Waals surface area (Å²) in [5.74, 6) is -4.84. The van der Waals surface area contributed by atoms with Crippen LogP contribution in [0.25, 0.3) is 0 Å². The quantitative estimate of drug-likeness (QED) is 0.352. The zero-order valence-corrected chi connectivity index (χ0v) is 15.2. The summed E-state index contributed by atoms with van der Waals surface area (Å²) < 4.78 is 51.0. The molecule has 3 atom stereocenters. The number of morpholine rings is 1. The molecule has 1 saturated heterocycles. The van der Waals surface area contributed by atoms with Crippen molar-refractivity contribution in [1.29, 1.82) is 0 Å². The molecule has 29 heavy (non-hydrogen) atoms. The summed E-state index contributed by atoms with van der Waals surface area (Å²) >= 11 is 0. The van der Waals surface area contributed by atoms with Crippen LogP contribution in [0.5, 0.6) is 0 Å². The van der Waals surface area contributed by atoms with Crippen molar-refractivity contribution in [3.63, 3.8) is 0 Å². The molecule has 10 heteroatoms. The number of non-ortho nitro benzene ring substituents is 1. The summed E-state index contributed by atoms with van der Waals surface area (Å²) in [6, 6.07) is 5.60. The number of nitro groups is 1. The van der Waals surface area contributed by atoms with Crippen LogP contribution < -0.4 is 5.32 Å². The summed E-state index contributed by atoms with van der Waals surface area (Å²) in [5, 5.41) is 13.8. The number of rotatable bonds is 5. The number of nitrogens with one attached hydrogen (secondary N) is 1. The van der Waals surface area contributed by atoms with Crippen molar-refractivity contribution in [1.82, 2.24) is 5.32 Å². The number of carbonyl (C=O) groups excluding carboxylic acids is 1. The van der Waals surface area contributed by atoms with Gasteiger partial charge in [0.25, 0.3) is 5.69 Å². The van der Waals surface area contributed by atoms with E-state index < -0.39 is 46.5 Å². The maximum Gasteiger partial charge on any atom is 0.338 e. The molecule has 1 fully saturated rings. The van der Waals surface area contributed by atoms with Gasteiger partial charge in [-0.3, -0.25) is 15.4 Å². The minimum Gasteiger partial charge on any atom is -0.457 e. The van der Waals surface area contributed by atoms with E-state index in [-0.39, 0.29) is 30.0 Å². The molecular formula is C19H17F3N2O5. The van der Waals surface area contributed by atoms with Crippen LogP contribution in [0.15, 0.2) is 36.4 Å². The smallest absolute Gasteiger partial charge is 0.338 e. The molecule has 1 heterocycles. The molecule has 3 rings (SSSR count). The third-order valence-electron chi connectivity index (χ3n) is 4.58. The van der Waals surface area contributed by atoms with Gasteiger partial charge in [0.15, 0.2) is 17.5 Å². The molecular weight excluding hydrogens is 393 g/mol. The number of benzene rings is 2. The van der Waals surface area contributed by atoms with Gasteiger partial charge in [-0.1, -0.05) is 0 Å². The Morgan fingerprint density at radius 3 is 2.41 bits per heavy atom. The lowest BCUT2D eigenvalue weighted by atomic mass is 10.0. The lowest BCUT2D eigenvalue weighted by Gasteiger charge is -2.34. The maximum atomic E-state index is 13.5. The molecule has 0 aromatic heterocycles. The lowest BCUT2D eigenvalue weighted by Crippen LogP contribution is -2.50. The van der Waals surface area contributed by atoms with Crippen molar-refractivity contribution in [2.24, 2.45) is 0 Å². The van der Waals surface area contributed by atoms with Gasteiger partial charge in [0.1, 0.15) is 6.10 Å². The maximum absolute atomic E-state index is 13.5. The summed E-state index contributed by atoms with van der Waals surface area (Å²) in [6.07, 6.45) is -0.685. The van der Waals surface area contributed by atoms with Crippen molar-refractivity contribution in [3.05, 3.63) is 75.1 Å². The fourth-order valence-corrected chi connectivity index (χ4v) is 2.95. The van der Waals surface area contributed by atoms with E-state index in [2.05, 4.69) is 5.32 Å². The Labute approximate surface area is 163 Å². The van der Waals surface area contributed by atoms with Gasteiger partial charge in [0.05, 0.1) is 35.8 Å². The molecule has 7 nitrogen and oxygen atoms in total. The average molecular weight is 410 g/mol. The summed E-state index contributed by atoms with van der Waals surface area (Å²) in [7, 11) is 0. The molecule has 1 aliphatic heterocycles. The van der Waals surface area contributed by atoms with Gasteiger partial charge in [0.2, 0.25) is 0 Å². The second-order valence-corrected chi connectivity index (χ2v) is 6.58. The number of carbonyl (C=O) groups is 1. The predicted molar refractivity (Wildman–Crippen MR) is 94.8 cm³/mol. The van der Waals surface area contributed by atoms with E-state index in [4.69, 9.17) is 9.47 Å². The molecule has 0 radical (unpaired) electrons. The fourth-order valence-electron chi connectivity index (χ4n) is 2.95. The Hall–Kier alpha value is -2.98. The third-order valence-corrected chi connectivity index (χ3v) is 4.58. The van der Waals surface area contributed by atoms with E-state index in [1.54, 1.807) is 6.92 Å². The number of nitrogens with zero attached hydrogens (tertiary/aromatic N) is 1. The van der Waals surface area contributed by atoms with Crippen LogP contribution in [0, 0.1) is 27.6 Å². The van der Waals surface area contributed by atoms with Crippen molar-refractivity contribution < 1.29 is 32.4 Å². The summed E-state index contributed by atoms with van der Waals surface area (Å²) in [5.41, 5.74) is 0.150. The number of hydrogen-bond donors (Lipinski definition) is 1. The first-order valence-electron chi connectivity index (χ1n) is 8.70. The summed E-state index contributed by atoms with van der Waals surface area (Å²) in [4.78, 5) is 22.3. The zero-order valence-electron chi connectivity index (χ0n) is 15.2.